The second kappa shape index (κ2) is 15.8. The van der Waals surface area contributed by atoms with Crippen LogP contribution in [0, 0.1) is 5.92 Å². The normalized spacial score (nSPS) is 17.6. The number of anilines is 1. The predicted molar refractivity (Wildman–Crippen MR) is 185 cm³/mol. The van der Waals surface area contributed by atoms with Crippen LogP contribution in [0.1, 0.15) is 84.4 Å². The summed E-state index contributed by atoms with van der Waals surface area (Å²) < 4.78 is 35.2. The molecule has 2 atom stereocenters. The first-order valence-electron chi connectivity index (χ1n) is 15.9. The molecule has 2 N–H and O–H groups in total. The van der Waals surface area contributed by atoms with E-state index in [0.29, 0.717) is 36.7 Å². The SMILES string of the molecule is CSCCCNc1nc(C(C)(C)C)ncc1C(=O)N(CC(C)C)[C@H]1C[C@@H](NS(=O)(=O)c2ccccc2)CN(C(=O)OC(C)(C)C)C1. The Morgan fingerprint density at radius 2 is 1.78 bits per heavy atom. The quantitative estimate of drug-likeness (QED) is 0.284. The van der Waals surface area contributed by atoms with Gasteiger partial charge in [0.15, 0.2) is 0 Å². The summed E-state index contributed by atoms with van der Waals surface area (Å²) in [5.74, 6) is 1.88. The first kappa shape index (κ1) is 37.6. The molecule has 1 aromatic heterocycles. The number of hydrogen-bond acceptors (Lipinski definition) is 9. The third kappa shape index (κ3) is 10.8. The highest BCUT2D eigenvalue weighted by Crippen LogP contribution is 2.27. The second-order valence-corrected chi connectivity index (χ2v) is 16.9. The van der Waals surface area contributed by atoms with Crippen LogP contribution >= 0.6 is 11.8 Å². The molecule has 2 aromatic rings. The molecule has 1 aliphatic heterocycles. The minimum atomic E-state index is -3.89. The number of nitrogens with zero attached hydrogens (tertiary/aromatic N) is 4. The number of nitrogens with one attached hydrogen (secondary N) is 2. The lowest BCUT2D eigenvalue weighted by molar-refractivity contribution is 0.00599. The second-order valence-electron chi connectivity index (χ2n) is 14.2. The molecular weight excluding hydrogens is 625 g/mol. The van der Waals surface area contributed by atoms with Crippen molar-refractivity contribution >= 4 is 39.6 Å². The van der Waals surface area contributed by atoms with E-state index in [4.69, 9.17) is 9.72 Å². The fourth-order valence-electron chi connectivity index (χ4n) is 5.15. The van der Waals surface area contributed by atoms with Crippen LogP contribution in [0.5, 0.6) is 0 Å². The van der Waals surface area contributed by atoms with Crippen molar-refractivity contribution in [2.75, 3.05) is 43.5 Å². The molecule has 3 rings (SSSR count). The number of aromatic nitrogens is 2. The van der Waals surface area contributed by atoms with E-state index >= 15 is 0 Å². The molecule has 0 spiro atoms. The minimum Gasteiger partial charge on any atom is -0.444 e. The molecule has 46 heavy (non-hydrogen) atoms. The van der Waals surface area contributed by atoms with E-state index in [-0.39, 0.29) is 35.2 Å². The number of likely N-dealkylation sites (tertiary alicyclic amines) is 1. The summed E-state index contributed by atoms with van der Waals surface area (Å²) in [4.78, 5) is 40.6. The molecule has 1 fully saturated rings. The largest absolute Gasteiger partial charge is 0.444 e. The van der Waals surface area contributed by atoms with Gasteiger partial charge in [-0.25, -0.2) is 27.9 Å². The average molecular weight is 677 g/mol. The van der Waals surface area contributed by atoms with Crippen LogP contribution in [0.3, 0.4) is 0 Å². The van der Waals surface area contributed by atoms with E-state index in [9.17, 15) is 18.0 Å². The number of amides is 2. The van der Waals surface area contributed by atoms with Crippen LogP contribution < -0.4 is 10.0 Å². The Morgan fingerprint density at radius 1 is 1.11 bits per heavy atom. The van der Waals surface area contributed by atoms with Gasteiger partial charge >= 0.3 is 6.09 Å². The standard InChI is InChI=1S/C33H52N6O5S2/c1-23(2)20-39(29(40)27-19-35-30(32(3,4)5)36-28(27)34-16-13-17-45-9)25-18-24(21-38(22-25)31(41)44-33(6,7)8)37-46(42,43)26-14-11-10-12-15-26/h10-12,14-15,19,23-25,37H,13,16-18,20-22H2,1-9H3,(H,34,35,36)/t24-,25+/m1/s1. The lowest BCUT2D eigenvalue weighted by atomic mass is 9.95. The van der Waals surface area contributed by atoms with Gasteiger partial charge in [0.2, 0.25) is 10.0 Å². The van der Waals surface area contributed by atoms with Gasteiger partial charge in [0.1, 0.15) is 22.8 Å². The van der Waals surface area contributed by atoms with E-state index in [1.54, 1.807) is 61.8 Å². The number of carbonyl (C=O) groups is 2. The molecule has 13 heteroatoms. The molecule has 0 radical (unpaired) electrons. The van der Waals surface area contributed by atoms with Crippen LogP contribution in [0.2, 0.25) is 0 Å². The molecule has 256 valence electrons. The van der Waals surface area contributed by atoms with Gasteiger partial charge in [-0.15, -0.1) is 0 Å². The Morgan fingerprint density at radius 3 is 2.37 bits per heavy atom. The molecule has 0 saturated carbocycles. The van der Waals surface area contributed by atoms with Crippen molar-refractivity contribution in [1.82, 2.24) is 24.5 Å². The molecular formula is C33H52N6O5S2. The summed E-state index contributed by atoms with van der Waals surface area (Å²) in [5.41, 5.74) is -0.733. The number of sulfonamides is 1. The zero-order valence-corrected chi connectivity index (χ0v) is 30.4. The fourth-order valence-corrected chi connectivity index (χ4v) is 6.84. The number of thioether (sulfide) groups is 1. The summed E-state index contributed by atoms with van der Waals surface area (Å²) in [6.07, 6.45) is 4.28. The average Bonchev–Trinajstić information content (AvgIpc) is 2.96. The van der Waals surface area contributed by atoms with Crippen LogP contribution in [-0.2, 0) is 20.2 Å². The van der Waals surface area contributed by atoms with Crippen molar-refractivity contribution in [1.29, 1.82) is 0 Å². The fraction of sp³-hybridized carbons (Fsp3) is 0.636. The van der Waals surface area contributed by atoms with Crippen molar-refractivity contribution in [3.05, 3.63) is 47.9 Å². The Labute approximate surface area is 279 Å². The zero-order chi connectivity index (χ0) is 34.3. The van der Waals surface area contributed by atoms with E-state index in [0.717, 1.165) is 12.2 Å². The Bertz CT molecular complexity index is 1420. The molecule has 1 aliphatic rings. The van der Waals surface area contributed by atoms with Gasteiger partial charge in [-0.1, -0.05) is 52.8 Å². The number of benzene rings is 1. The van der Waals surface area contributed by atoms with E-state index in [1.807, 2.05) is 34.6 Å². The highest BCUT2D eigenvalue weighted by atomic mass is 32.2. The third-order valence-corrected chi connectivity index (χ3v) is 9.46. The van der Waals surface area contributed by atoms with Crippen molar-refractivity contribution in [2.45, 2.75) is 96.2 Å². The Balaban J connectivity index is 2.02. The number of ether oxygens (including phenoxy) is 1. The third-order valence-electron chi connectivity index (χ3n) is 7.23. The topological polar surface area (TPSA) is 134 Å². The molecule has 0 bridgehead atoms. The summed E-state index contributed by atoms with van der Waals surface area (Å²) in [6, 6.07) is 6.95. The first-order chi connectivity index (χ1) is 21.4. The maximum Gasteiger partial charge on any atom is 0.410 e. The predicted octanol–water partition coefficient (Wildman–Crippen LogP) is 5.39. The van der Waals surface area contributed by atoms with Crippen molar-refractivity contribution in [2.24, 2.45) is 5.92 Å². The number of hydrogen-bond donors (Lipinski definition) is 2. The van der Waals surface area contributed by atoms with Crippen molar-refractivity contribution in [3.63, 3.8) is 0 Å². The highest BCUT2D eigenvalue weighted by molar-refractivity contribution is 7.98. The molecule has 0 aliphatic carbocycles. The summed E-state index contributed by atoms with van der Waals surface area (Å²) in [7, 11) is -3.89. The van der Waals surface area contributed by atoms with Gasteiger partial charge in [0.05, 0.1) is 10.9 Å². The van der Waals surface area contributed by atoms with E-state index < -0.39 is 33.8 Å². The van der Waals surface area contributed by atoms with Gasteiger partial charge in [-0.05, 0) is 63.7 Å². The van der Waals surface area contributed by atoms with Gasteiger partial charge in [0.25, 0.3) is 5.91 Å². The van der Waals surface area contributed by atoms with Gasteiger partial charge < -0.3 is 19.9 Å². The molecule has 1 saturated heterocycles. The summed E-state index contributed by atoms with van der Waals surface area (Å²) in [5, 5.41) is 3.38. The number of rotatable bonds is 12. The van der Waals surface area contributed by atoms with Crippen LogP contribution in [0.15, 0.2) is 41.4 Å². The maximum absolute atomic E-state index is 14.5. The lowest BCUT2D eigenvalue weighted by Gasteiger charge is -2.43. The van der Waals surface area contributed by atoms with E-state index in [2.05, 4.69) is 21.3 Å². The minimum absolute atomic E-state index is 0.0908. The van der Waals surface area contributed by atoms with Gasteiger partial charge in [0, 0.05) is 43.8 Å². The monoisotopic (exact) mass is 676 g/mol. The molecule has 11 nitrogen and oxygen atoms in total. The molecule has 2 amide bonds. The summed E-state index contributed by atoms with van der Waals surface area (Å²) in [6.45, 7) is 16.8. The van der Waals surface area contributed by atoms with Crippen molar-refractivity contribution in [3.8, 4) is 0 Å². The summed E-state index contributed by atoms with van der Waals surface area (Å²) >= 11 is 1.75. The van der Waals surface area contributed by atoms with Crippen molar-refractivity contribution < 1.29 is 22.7 Å². The Hall–Kier alpha value is -2.90. The number of carbonyl (C=O) groups excluding carboxylic acids is 2. The smallest absolute Gasteiger partial charge is 0.410 e. The molecule has 2 heterocycles. The highest BCUT2D eigenvalue weighted by Gasteiger charge is 2.39. The van der Waals surface area contributed by atoms with E-state index in [1.165, 1.54) is 17.0 Å². The Kier molecular flexibility index (Phi) is 12.9. The molecule has 1 aromatic carbocycles. The molecule has 0 unspecified atom stereocenters. The lowest BCUT2D eigenvalue weighted by Crippen LogP contribution is -2.60. The number of piperidine rings is 1. The first-order valence-corrected chi connectivity index (χ1v) is 18.8. The van der Waals surface area contributed by atoms with Gasteiger partial charge in [-0.3, -0.25) is 4.79 Å². The maximum atomic E-state index is 14.5. The van der Waals surface area contributed by atoms with Crippen LogP contribution in [-0.4, -0.2) is 96.1 Å². The van der Waals surface area contributed by atoms with Crippen LogP contribution in [0.25, 0.3) is 0 Å². The zero-order valence-electron chi connectivity index (χ0n) is 28.8. The van der Waals surface area contributed by atoms with Crippen LogP contribution in [0.4, 0.5) is 10.6 Å². The van der Waals surface area contributed by atoms with Gasteiger partial charge in [-0.2, -0.15) is 11.8 Å².